The van der Waals surface area contributed by atoms with Gasteiger partial charge in [0.25, 0.3) is 0 Å². The van der Waals surface area contributed by atoms with E-state index in [2.05, 4.69) is 27.7 Å². The maximum atomic E-state index is 6.16. The lowest BCUT2D eigenvalue weighted by Gasteiger charge is -2.16. The van der Waals surface area contributed by atoms with E-state index in [0.717, 1.165) is 40.1 Å². The molecule has 1 atom stereocenters. The van der Waals surface area contributed by atoms with Crippen LogP contribution < -0.4 is 10.6 Å². The highest BCUT2D eigenvalue weighted by atomic mass is 127. The van der Waals surface area contributed by atoms with Gasteiger partial charge in [0.15, 0.2) is 5.96 Å². The molecule has 24 heavy (non-hydrogen) atoms. The number of aryl methyl sites for hydroxylation is 2. The van der Waals surface area contributed by atoms with Crippen molar-refractivity contribution in [2.24, 2.45) is 4.99 Å². The van der Waals surface area contributed by atoms with E-state index in [9.17, 15) is 0 Å². The van der Waals surface area contributed by atoms with Crippen molar-refractivity contribution in [2.45, 2.75) is 33.2 Å². The van der Waals surface area contributed by atoms with Gasteiger partial charge in [-0.2, -0.15) is 0 Å². The molecule has 1 aromatic heterocycles. The van der Waals surface area contributed by atoms with Crippen LogP contribution in [0.2, 0.25) is 5.02 Å². The average Bonchev–Trinajstić information content (AvgIpc) is 2.87. The number of benzene rings is 1. The monoisotopic (exact) mass is 462 g/mol. The molecule has 5 nitrogen and oxygen atoms in total. The number of aliphatic imine (C=N–C) groups is 1. The molecule has 0 saturated heterocycles. The van der Waals surface area contributed by atoms with Gasteiger partial charge in [0.1, 0.15) is 5.76 Å². The van der Waals surface area contributed by atoms with Crippen LogP contribution in [0.15, 0.2) is 33.8 Å². The summed E-state index contributed by atoms with van der Waals surface area (Å²) >= 11 is 6.16. The summed E-state index contributed by atoms with van der Waals surface area (Å²) in [6, 6.07) is 7.77. The van der Waals surface area contributed by atoms with Crippen molar-refractivity contribution < 1.29 is 4.52 Å². The molecule has 1 aromatic carbocycles. The van der Waals surface area contributed by atoms with E-state index in [4.69, 9.17) is 16.1 Å². The zero-order chi connectivity index (χ0) is 16.8. The number of hydrogen-bond donors (Lipinski definition) is 2. The van der Waals surface area contributed by atoms with Crippen LogP contribution in [0.1, 0.15) is 35.4 Å². The van der Waals surface area contributed by atoms with Crippen LogP contribution in [0.25, 0.3) is 0 Å². The van der Waals surface area contributed by atoms with Crippen LogP contribution in [0.4, 0.5) is 0 Å². The minimum Gasteiger partial charge on any atom is -0.361 e. The molecule has 2 aromatic rings. The molecule has 0 aliphatic heterocycles. The van der Waals surface area contributed by atoms with E-state index < -0.39 is 0 Å². The van der Waals surface area contributed by atoms with Crippen LogP contribution in [0.3, 0.4) is 0 Å². The second kappa shape index (κ2) is 9.88. The highest BCUT2D eigenvalue weighted by molar-refractivity contribution is 14.0. The molecular formula is C17H24ClIN4O. The highest BCUT2D eigenvalue weighted by Crippen LogP contribution is 2.22. The molecule has 0 radical (unpaired) electrons. The van der Waals surface area contributed by atoms with E-state index in [0.29, 0.717) is 6.54 Å². The molecule has 0 fully saturated rings. The molecule has 0 aliphatic carbocycles. The molecule has 132 valence electrons. The number of guanidine groups is 1. The third-order valence-electron chi connectivity index (χ3n) is 3.78. The first-order chi connectivity index (χ1) is 11.0. The van der Waals surface area contributed by atoms with Crippen LogP contribution in [-0.4, -0.2) is 24.7 Å². The van der Waals surface area contributed by atoms with Gasteiger partial charge in [0.05, 0.1) is 5.69 Å². The molecule has 0 spiro atoms. The Morgan fingerprint density at radius 3 is 2.58 bits per heavy atom. The first-order valence-corrected chi connectivity index (χ1v) is 8.01. The number of nitrogens with one attached hydrogen (secondary N) is 2. The van der Waals surface area contributed by atoms with Gasteiger partial charge in [-0.1, -0.05) is 41.9 Å². The lowest BCUT2D eigenvalue weighted by atomic mass is 10.00. The first-order valence-electron chi connectivity index (χ1n) is 7.63. The van der Waals surface area contributed by atoms with Gasteiger partial charge >= 0.3 is 0 Å². The first kappa shape index (κ1) is 20.8. The van der Waals surface area contributed by atoms with Crippen molar-refractivity contribution >= 4 is 41.5 Å². The van der Waals surface area contributed by atoms with E-state index in [1.54, 1.807) is 7.05 Å². The quantitative estimate of drug-likeness (QED) is 0.400. The van der Waals surface area contributed by atoms with Crippen LogP contribution in [0.5, 0.6) is 0 Å². The Bertz CT molecular complexity index is 667. The highest BCUT2D eigenvalue weighted by Gasteiger charge is 2.16. The van der Waals surface area contributed by atoms with Crippen molar-refractivity contribution in [2.75, 3.05) is 13.6 Å². The zero-order valence-corrected chi connectivity index (χ0v) is 17.5. The van der Waals surface area contributed by atoms with E-state index in [-0.39, 0.29) is 29.9 Å². The predicted molar refractivity (Wildman–Crippen MR) is 109 cm³/mol. The molecule has 2 rings (SSSR count). The van der Waals surface area contributed by atoms with Crippen LogP contribution in [0, 0.1) is 13.8 Å². The standard InChI is InChI=1S/C17H23ClN4O.HI/c1-11(16-12(2)22-23-13(16)3)9-20-17(19-4)21-10-14-7-5-6-8-15(14)18;/h5-8,11H,9-10H2,1-4H3,(H2,19,20,21);1H. The molecule has 0 saturated carbocycles. The molecule has 1 heterocycles. The van der Waals surface area contributed by atoms with Gasteiger partial charge in [-0.15, -0.1) is 24.0 Å². The van der Waals surface area contributed by atoms with Gasteiger partial charge in [0, 0.05) is 36.6 Å². The topological polar surface area (TPSA) is 62.5 Å². The molecule has 0 amide bonds. The normalized spacial score (nSPS) is 12.5. The zero-order valence-electron chi connectivity index (χ0n) is 14.4. The SMILES string of the molecule is CN=C(NCc1ccccc1Cl)NCC(C)c1c(C)noc1C.I. The minimum absolute atomic E-state index is 0. The van der Waals surface area contributed by atoms with E-state index in [1.807, 2.05) is 38.1 Å². The Balaban J connectivity index is 0.00000288. The third kappa shape index (κ3) is 5.37. The van der Waals surface area contributed by atoms with Gasteiger partial charge in [-0.05, 0) is 25.5 Å². The van der Waals surface area contributed by atoms with Gasteiger partial charge in [-0.3, -0.25) is 4.99 Å². The maximum Gasteiger partial charge on any atom is 0.191 e. The fourth-order valence-electron chi connectivity index (χ4n) is 2.59. The van der Waals surface area contributed by atoms with Crippen molar-refractivity contribution in [3.63, 3.8) is 0 Å². The van der Waals surface area contributed by atoms with Crippen molar-refractivity contribution in [3.05, 3.63) is 51.9 Å². The average molecular weight is 463 g/mol. The minimum atomic E-state index is 0. The second-order valence-electron chi connectivity index (χ2n) is 5.54. The summed E-state index contributed by atoms with van der Waals surface area (Å²) in [6.45, 7) is 7.41. The van der Waals surface area contributed by atoms with Gasteiger partial charge < -0.3 is 15.2 Å². The Morgan fingerprint density at radius 2 is 2.00 bits per heavy atom. The lowest BCUT2D eigenvalue weighted by molar-refractivity contribution is 0.391. The molecule has 7 heteroatoms. The number of rotatable bonds is 5. The van der Waals surface area contributed by atoms with E-state index in [1.165, 1.54) is 0 Å². The smallest absolute Gasteiger partial charge is 0.191 e. The molecule has 1 unspecified atom stereocenters. The Kier molecular flexibility index (Phi) is 8.55. The maximum absolute atomic E-state index is 6.16. The Morgan fingerprint density at radius 1 is 1.29 bits per heavy atom. The summed E-state index contributed by atoms with van der Waals surface area (Å²) in [5.74, 6) is 1.89. The number of aromatic nitrogens is 1. The Labute approximate surface area is 165 Å². The summed E-state index contributed by atoms with van der Waals surface area (Å²) < 4.78 is 5.23. The Hall–Kier alpha value is -1.28. The number of nitrogens with zero attached hydrogens (tertiary/aromatic N) is 2. The predicted octanol–water partition coefficient (Wildman–Crippen LogP) is 4.03. The van der Waals surface area contributed by atoms with Crippen LogP contribution >= 0.6 is 35.6 Å². The lowest BCUT2D eigenvalue weighted by Crippen LogP contribution is -2.38. The van der Waals surface area contributed by atoms with Gasteiger partial charge in [-0.25, -0.2) is 0 Å². The summed E-state index contributed by atoms with van der Waals surface area (Å²) in [5.41, 5.74) is 3.13. The third-order valence-corrected chi connectivity index (χ3v) is 4.15. The largest absolute Gasteiger partial charge is 0.361 e. The van der Waals surface area contributed by atoms with Gasteiger partial charge in [0.2, 0.25) is 0 Å². The molecule has 0 bridgehead atoms. The fourth-order valence-corrected chi connectivity index (χ4v) is 2.79. The molecule has 0 aliphatic rings. The van der Waals surface area contributed by atoms with Crippen molar-refractivity contribution in [1.29, 1.82) is 0 Å². The van der Waals surface area contributed by atoms with Crippen molar-refractivity contribution in [1.82, 2.24) is 15.8 Å². The number of hydrogen-bond acceptors (Lipinski definition) is 3. The number of halogens is 2. The van der Waals surface area contributed by atoms with Crippen molar-refractivity contribution in [3.8, 4) is 0 Å². The van der Waals surface area contributed by atoms with Crippen LogP contribution in [-0.2, 0) is 6.54 Å². The summed E-state index contributed by atoms with van der Waals surface area (Å²) in [7, 11) is 1.75. The fraction of sp³-hybridized carbons (Fsp3) is 0.412. The second-order valence-corrected chi connectivity index (χ2v) is 5.94. The summed E-state index contributed by atoms with van der Waals surface area (Å²) in [6.07, 6.45) is 0. The summed E-state index contributed by atoms with van der Waals surface area (Å²) in [5, 5.41) is 11.4. The van der Waals surface area contributed by atoms with E-state index >= 15 is 0 Å². The molecule has 2 N–H and O–H groups in total. The summed E-state index contributed by atoms with van der Waals surface area (Å²) in [4.78, 5) is 4.24. The molecular weight excluding hydrogens is 439 g/mol.